The van der Waals surface area contributed by atoms with Gasteiger partial charge in [0.05, 0.1) is 0 Å². The van der Waals surface area contributed by atoms with E-state index in [0.717, 1.165) is 0 Å². The summed E-state index contributed by atoms with van der Waals surface area (Å²) in [6.07, 6.45) is 0. The van der Waals surface area contributed by atoms with Crippen LogP contribution in [0.4, 0.5) is 5.95 Å². The second kappa shape index (κ2) is 5.83. The molecule has 7 aliphatic rings. The molecule has 1 spiro atoms. The number of aliphatic hydroxyl groups is 3. The van der Waals surface area contributed by atoms with Gasteiger partial charge < -0.3 is 19.8 Å². The Morgan fingerprint density at radius 2 is 1.72 bits per heavy atom. The largest absolute Gasteiger partial charge is 0.620 e. The molecule has 194 valence electrons. The van der Waals surface area contributed by atoms with Gasteiger partial charge in [0.25, 0.3) is 17.5 Å². The van der Waals surface area contributed by atoms with E-state index in [1.807, 2.05) is 0 Å². The molecule has 6 unspecified atom stereocenters. The number of aliphatic hydroxyl groups excluding tert-OH is 1. The van der Waals surface area contributed by atoms with Gasteiger partial charge in [-0.1, -0.05) is 5.23 Å². The van der Waals surface area contributed by atoms with Crippen LogP contribution in [0, 0.1) is 0 Å². The number of nitrogens with zero attached hydrogens (tertiary/aromatic N) is 5. The van der Waals surface area contributed by atoms with Gasteiger partial charge in [-0.3, -0.25) is 14.2 Å². The number of rotatable bonds is 2. The first-order valence-corrected chi connectivity index (χ1v) is 13.9. The monoisotopic (exact) mass is 593 g/mol. The molecular weight excluding hydrogens is 587 g/mol. The van der Waals surface area contributed by atoms with E-state index < -0.39 is 82.0 Å². The second-order valence-corrected chi connectivity index (χ2v) is 12.4. The fraction of sp³-hybridized carbons (Fsp3) is 0.500. The Hall–Kier alpha value is -1.65. The van der Waals surface area contributed by atoms with Crippen molar-refractivity contribution in [2.45, 2.75) is 23.3 Å². The summed E-state index contributed by atoms with van der Waals surface area (Å²) in [7, 11) is -14.7. The third-order valence-corrected chi connectivity index (χ3v) is 9.99. The standard InChI is InChI=1S/C10H6N5O17P3S/c16-1-7-8(18)9(19,27-34(21,25-7)26-8)10(24-7)13-4-2-3(17)12-5(15-30-35(22,28-10)31-15)14(4)29-33(20,32-36)23-6(13)11-2/h16,18-19,36H,1H2. The van der Waals surface area contributed by atoms with Crippen LogP contribution in [0.3, 0.4) is 0 Å². The van der Waals surface area contributed by atoms with Crippen LogP contribution in [0.15, 0.2) is 4.79 Å². The van der Waals surface area contributed by atoms with Crippen LogP contribution >= 0.6 is 36.4 Å². The summed E-state index contributed by atoms with van der Waals surface area (Å²) in [6, 6.07) is -1.01. The highest BCUT2D eigenvalue weighted by Crippen LogP contribution is 2.83. The first kappa shape index (κ1) is 22.3. The van der Waals surface area contributed by atoms with E-state index in [9.17, 15) is 33.8 Å². The molecule has 22 nitrogen and oxygen atoms in total. The Labute approximate surface area is 199 Å². The highest BCUT2D eigenvalue weighted by Gasteiger charge is 2.98. The number of thiol groups is 1. The van der Waals surface area contributed by atoms with E-state index in [1.165, 1.54) is 0 Å². The highest BCUT2D eigenvalue weighted by atomic mass is 32.1. The van der Waals surface area contributed by atoms with Gasteiger partial charge in [0.2, 0.25) is 0 Å². The molecule has 0 aliphatic carbocycles. The lowest BCUT2D eigenvalue weighted by atomic mass is 9.98. The molecule has 7 aliphatic heterocycles. The first-order chi connectivity index (χ1) is 16.8. The number of fused-ring (bicyclic) bond motifs is 1. The van der Waals surface area contributed by atoms with Crippen molar-refractivity contribution < 1.29 is 74.2 Å². The van der Waals surface area contributed by atoms with E-state index >= 15 is 0 Å². The molecule has 3 N–H and O–H groups in total. The SMILES string of the molecule is O=c1nc2n3c4c1nc(n4C1(OC4(CO)OP5(=O)OC4(O)C1(O)O5)OP1(=O)ON2O1)OP(=O)(OS)O3. The number of hydrogen-bond acceptors (Lipinski definition) is 21. The minimum atomic E-state index is -4.93. The van der Waals surface area contributed by atoms with Crippen LogP contribution in [-0.4, -0.2) is 58.6 Å². The molecule has 4 saturated heterocycles. The summed E-state index contributed by atoms with van der Waals surface area (Å²) in [5, 5.41) is 33.2. The Balaban J connectivity index is 1.56. The van der Waals surface area contributed by atoms with Crippen LogP contribution in [0.2, 0.25) is 0 Å². The van der Waals surface area contributed by atoms with Crippen molar-refractivity contribution in [1.82, 2.24) is 19.3 Å². The first-order valence-electron chi connectivity index (χ1n) is 9.16. The smallest absolute Gasteiger partial charge is 0.391 e. The van der Waals surface area contributed by atoms with E-state index in [1.54, 1.807) is 0 Å². The number of hydrogen-bond donors (Lipinski definition) is 4. The predicted octanol–water partition coefficient (Wildman–Crippen LogP) is -1.90. The van der Waals surface area contributed by atoms with Crippen molar-refractivity contribution >= 4 is 53.5 Å². The van der Waals surface area contributed by atoms with Gasteiger partial charge in [0.1, 0.15) is 6.61 Å². The maximum absolute atomic E-state index is 13.2. The molecule has 0 radical (unpaired) electrons. The number of aromatic nitrogens is 4. The van der Waals surface area contributed by atoms with Crippen LogP contribution in [-0.2, 0) is 55.7 Å². The zero-order valence-electron chi connectivity index (χ0n) is 16.3. The number of phosphoric ester groups is 1. The van der Waals surface area contributed by atoms with Crippen molar-refractivity contribution in [1.29, 1.82) is 0 Å². The summed E-state index contributed by atoms with van der Waals surface area (Å²) in [5.41, 5.74) is -2.50. The average Bonchev–Trinajstić information content (AvgIpc) is 3.31. The lowest BCUT2D eigenvalue weighted by molar-refractivity contribution is -0.385. The summed E-state index contributed by atoms with van der Waals surface area (Å²) in [4.78, 5) is 20.2. The summed E-state index contributed by atoms with van der Waals surface area (Å²) in [6.45, 7) is -1.39. The fourth-order valence-electron chi connectivity index (χ4n) is 4.43. The van der Waals surface area contributed by atoms with Crippen LogP contribution in [0.25, 0.3) is 11.2 Å². The normalized spacial score (nSPS) is 49.1. The van der Waals surface area contributed by atoms with Crippen LogP contribution in [0.5, 0.6) is 6.01 Å². The maximum atomic E-state index is 13.2. The van der Waals surface area contributed by atoms with Gasteiger partial charge in [-0.05, 0) is 12.9 Å². The molecule has 6 atom stereocenters. The van der Waals surface area contributed by atoms with Gasteiger partial charge in [-0.25, -0.2) is 36.4 Å². The quantitative estimate of drug-likeness (QED) is 0.168. The molecule has 2 aromatic heterocycles. The van der Waals surface area contributed by atoms with Crippen molar-refractivity contribution in [3.8, 4) is 6.01 Å². The molecule has 9 rings (SSSR count). The van der Waals surface area contributed by atoms with E-state index in [0.29, 0.717) is 9.30 Å². The van der Waals surface area contributed by atoms with E-state index in [2.05, 4.69) is 26.8 Å². The Morgan fingerprint density at radius 1 is 1.00 bits per heavy atom. The number of imidazole rings is 1. The molecule has 0 amide bonds. The van der Waals surface area contributed by atoms with Crippen LogP contribution < -0.4 is 19.9 Å². The lowest BCUT2D eigenvalue weighted by Gasteiger charge is -2.41. The number of ether oxygens (including phenoxy) is 1. The maximum Gasteiger partial charge on any atom is 0.620 e. The topological polar surface area (TPSA) is 260 Å². The third kappa shape index (κ3) is 2.09. The molecule has 36 heavy (non-hydrogen) atoms. The van der Waals surface area contributed by atoms with Crippen molar-refractivity contribution in [2.24, 2.45) is 0 Å². The second-order valence-electron chi connectivity index (χ2n) is 7.68. The average molecular weight is 593 g/mol. The van der Waals surface area contributed by atoms with E-state index in [-0.39, 0.29) is 5.23 Å². The molecule has 2 aromatic rings. The van der Waals surface area contributed by atoms with Gasteiger partial charge >= 0.3 is 46.7 Å². The molecule has 0 saturated carbocycles. The highest BCUT2D eigenvalue weighted by molar-refractivity contribution is 7.80. The minimum Gasteiger partial charge on any atom is -0.391 e. The van der Waals surface area contributed by atoms with Crippen molar-refractivity contribution in [3.05, 3.63) is 10.4 Å². The molecule has 9 heterocycles. The van der Waals surface area contributed by atoms with Gasteiger partial charge in [-0.2, -0.15) is 13.9 Å². The number of phosphoric acid groups is 3. The Morgan fingerprint density at radius 3 is 2.36 bits per heavy atom. The summed E-state index contributed by atoms with van der Waals surface area (Å²) < 4.78 is 90.4. The van der Waals surface area contributed by atoms with Crippen molar-refractivity contribution in [3.63, 3.8) is 0 Å². The molecule has 9 bridgehead atoms. The Kier molecular flexibility index (Phi) is 3.62. The fourth-order valence-corrected chi connectivity index (χ4v) is 8.36. The molecule has 0 aromatic carbocycles. The number of anilines is 1. The lowest BCUT2D eigenvalue weighted by Crippen LogP contribution is -2.66. The summed E-state index contributed by atoms with van der Waals surface area (Å²) in [5.74, 6) is -14.2. The van der Waals surface area contributed by atoms with Crippen molar-refractivity contribution in [2.75, 3.05) is 11.8 Å². The molecule has 26 heteroatoms. The van der Waals surface area contributed by atoms with Gasteiger partial charge in [0.15, 0.2) is 11.2 Å². The van der Waals surface area contributed by atoms with Crippen LogP contribution in [0.1, 0.15) is 0 Å². The minimum absolute atomic E-state index is 0.226. The zero-order chi connectivity index (χ0) is 25.3. The summed E-state index contributed by atoms with van der Waals surface area (Å²) >= 11 is 3.44. The van der Waals surface area contributed by atoms with Gasteiger partial charge in [0, 0.05) is 0 Å². The Bertz CT molecular complexity index is 1650. The van der Waals surface area contributed by atoms with Gasteiger partial charge in [-0.15, -0.1) is 14.0 Å². The zero-order valence-corrected chi connectivity index (χ0v) is 19.9. The molecular formula is C10H6N5O17P3S. The predicted molar refractivity (Wildman–Crippen MR) is 99.7 cm³/mol. The third-order valence-electron chi connectivity index (χ3n) is 5.78. The van der Waals surface area contributed by atoms with E-state index in [4.69, 9.17) is 41.2 Å². The molecule has 4 fully saturated rings.